The van der Waals surface area contributed by atoms with Gasteiger partial charge >= 0.3 is 6.18 Å². The Morgan fingerprint density at radius 2 is 1.57 bits per heavy atom. The maximum Gasteiger partial charge on any atom is 0.416 e. The molecule has 0 radical (unpaired) electrons. The van der Waals surface area contributed by atoms with Crippen molar-refractivity contribution in [3.63, 3.8) is 0 Å². The molecular weight excluding hydrogens is 281 g/mol. The first kappa shape index (κ1) is 16.3. The lowest BCUT2D eigenvalue weighted by Crippen LogP contribution is -2.32. The Bertz CT molecular complexity index is 434. The number of aliphatic hydroxyl groups is 1. The average Bonchev–Trinajstić information content (AvgIpc) is 2.65. The van der Waals surface area contributed by atoms with Crippen molar-refractivity contribution < 1.29 is 18.3 Å². The summed E-state index contributed by atoms with van der Waals surface area (Å²) in [7, 11) is 0. The number of alkyl halides is 3. The van der Waals surface area contributed by atoms with Crippen molar-refractivity contribution in [3.05, 3.63) is 35.4 Å². The maximum absolute atomic E-state index is 12.5. The van der Waals surface area contributed by atoms with Gasteiger partial charge in [-0.05, 0) is 37.2 Å². The van der Waals surface area contributed by atoms with E-state index >= 15 is 0 Å². The highest BCUT2D eigenvalue weighted by atomic mass is 19.4. The first-order valence-electron chi connectivity index (χ1n) is 7.21. The molecule has 0 saturated carbocycles. The molecule has 0 amide bonds. The summed E-state index contributed by atoms with van der Waals surface area (Å²) in [6.07, 6.45) is -3.26. The highest BCUT2D eigenvalue weighted by molar-refractivity contribution is 5.24. The van der Waals surface area contributed by atoms with E-state index in [4.69, 9.17) is 5.11 Å². The van der Waals surface area contributed by atoms with Gasteiger partial charge in [-0.2, -0.15) is 13.2 Å². The minimum absolute atomic E-state index is 0.166. The summed E-state index contributed by atoms with van der Waals surface area (Å²) < 4.78 is 37.5. The molecule has 21 heavy (non-hydrogen) atoms. The molecule has 118 valence electrons. The van der Waals surface area contributed by atoms with Crippen LogP contribution in [0.15, 0.2) is 24.3 Å². The van der Waals surface area contributed by atoms with Crippen molar-refractivity contribution in [2.24, 2.45) is 0 Å². The highest BCUT2D eigenvalue weighted by Gasteiger charge is 2.30. The third kappa shape index (κ3) is 4.98. The molecule has 0 unspecified atom stereocenters. The van der Waals surface area contributed by atoms with Gasteiger partial charge in [0.25, 0.3) is 0 Å². The Morgan fingerprint density at radius 1 is 0.952 bits per heavy atom. The highest BCUT2D eigenvalue weighted by Crippen LogP contribution is 2.29. The van der Waals surface area contributed by atoms with Gasteiger partial charge < -0.3 is 5.11 Å². The fourth-order valence-corrected chi connectivity index (χ4v) is 2.60. The van der Waals surface area contributed by atoms with E-state index in [1.807, 2.05) is 0 Å². The van der Waals surface area contributed by atoms with Crippen LogP contribution in [-0.4, -0.2) is 54.2 Å². The van der Waals surface area contributed by atoms with Gasteiger partial charge in [-0.1, -0.05) is 12.1 Å². The zero-order valence-electron chi connectivity index (χ0n) is 11.9. The lowest BCUT2D eigenvalue weighted by Gasteiger charge is -2.21. The molecular formula is C15H21F3N2O. The van der Waals surface area contributed by atoms with Gasteiger partial charge in [0.1, 0.15) is 0 Å². The summed E-state index contributed by atoms with van der Waals surface area (Å²) in [5, 5.41) is 8.96. The minimum Gasteiger partial charge on any atom is -0.395 e. The largest absolute Gasteiger partial charge is 0.416 e. The molecule has 0 aliphatic carbocycles. The van der Waals surface area contributed by atoms with Crippen LogP contribution in [0.4, 0.5) is 13.2 Å². The van der Waals surface area contributed by atoms with Crippen molar-refractivity contribution in [3.8, 4) is 0 Å². The number of β-amino-alcohol motifs (C(OH)–C–C–N with tert-alkyl or cyclic N) is 1. The molecule has 1 N–H and O–H groups in total. The van der Waals surface area contributed by atoms with E-state index in [1.54, 1.807) is 12.1 Å². The molecule has 2 rings (SSSR count). The van der Waals surface area contributed by atoms with E-state index in [0.717, 1.165) is 50.3 Å². The Balaban J connectivity index is 1.89. The zero-order valence-corrected chi connectivity index (χ0v) is 11.9. The molecule has 1 aliphatic rings. The van der Waals surface area contributed by atoms with Crippen LogP contribution in [0.3, 0.4) is 0 Å². The standard InChI is InChI=1S/C15H21F3N2O/c16-15(17,18)14-4-2-13(3-5-14)12-20-7-1-6-19(8-9-20)10-11-21/h2-5,21H,1,6-12H2. The van der Waals surface area contributed by atoms with Crippen LogP contribution >= 0.6 is 0 Å². The second-order valence-corrected chi connectivity index (χ2v) is 5.39. The van der Waals surface area contributed by atoms with Gasteiger partial charge in [0.05, 0.1) is 12.2 Å². The van der Waals surface area contributed by atoms with Crippen LogP contribution in [0.25, 0.3) is 0 Å². The van der Waals surface area contributed by atoms with Crippen LogP contribution in [0.2, 0.25) is 0 Å². The van der Waals surface area contributed by atoms with Crippen molar-refractivity contribution in [1.82, 2.24) is 9.80 Å². The van der Waals surface area contributed by atoms with Crippen molar-refractivity contribution in [2.75, 3.05) is 39.3 Å². The topological polar surface area (TPSA) is 26.7 Å². The van der Waals surface area contributed by atoms with Crippen molar-refractivity contribution in [1.29, 1.82) is 0 Å². The summed E-state index contributed by atoms with van der Waals surface area (Å²) >= 11 is 0. The van der Waals surface area contributed by atoms with E-state index in [2.05, 4.69) is 9.80 Å². The smallest absolute Gasteiger partial charge is 0.395 e. The molecule has 1 heterocycles. The minimum atomic E-state index is -4.27. The van der Waals surface area contributed by atoms with E-state index < -0.39 is 11.7 Å². The molecule has 1 saturated heterocycles. The lowest BCUT2D eigenvalue weighted by atomic mass is 10.1. The van der Waals surface area contributed by atoms with E-state index in [-0.39, 0.29) is 6.61 Å². The maximum atomic E-state index is 12.5. The summed E-state index contributed by atoms with van der Waals surface area (Å²) in [6, 6.07) is 5.40. The van der Waals surface area contributed by atoms with Crippen LogP contribution in [0.1, 0.15) is 17.5 Å². The third-order valence-corrected chi connectivity index (χ3v) is 3.78. The third-order valence-electron chi connectivity index (χ3n) is 3.78. The number of hydrogen-bond acceptors (Lipinski definition) is 3. The molecule has 0 spiro atoms. The number of nitrogens with zero attached hydrogens (tertiary/aromatic N) is 2. The first-order valence-corrected chi connectivity index (χ1v) is 7.21. The van der Waals surface area contributed by atoms with E-state index in [9.17, 15) is 13.2 Å². The van der Waals surface area contributed by atoms with Gasteiger partial charge in [0.15, 0.2) is 0 Å². The van der Waals surface area contributed by atoms with Gasteiger partial charge in [-0.25, -0.2) is 0 Å². The monoisotopic (exact) mass is 302 g/mol. The fraction of sp³-hybridized carbons (Fsp3) is 0.600. The van der Waals surface area contributed by atoms with Crippen LogP contribution < -0.4 is 0 Å². The number of benzene rings is 1. The second kappa shape index (κ2) is 7.24. The molecule has 0 bridgehead atoms. The molecule has 3 nitrogen and oxygen atoms in total. The molecule has 0 atom stereocenters. The van der Waals surface area contributed by atoms with Gasteiger partial charge in [0.2, 0.25) is 0 Å². The predicted octanol–water partition coefficient (Wildman–Crippen LogP) is 2.21. The SMILES string of the molecule is OCCN1CCCN(Cc2ccc(C(F)(F)F)cc2)CC1. The molecule has 1 aliphatic heterocycles. The lowest BCUT2D eigenvalue weighted by molar-refractivity contribution is -0.137. The fourth-order valence-electron chi connectivity index (χ4n) is 2.60. The first-order chi connectivity index (χ1) is 9.99. The summed E-state index contributed by atoms with van der Waals surface area (Å²) in [5.41, 5.74) is 0.301. The normalized spacial score (nSPS) is 18.7. The average molecular weight is 302 g/mol. The number of rotatable bonds is 4. The number of aliphatic hydroxyl groups excluding tert-OH is 1. The molecule has 1 aromatic carbocycles. The summed E-state index contributed by atoms with van der Waals surface area (Å²) in [4.78, 5) is 4.47. The Kier molecular flexibility index (Phi) is 5.61. The van der Waals surface area contributed by atoms with Crippen molar-refractivity contribution >= 4 is 0 Å². The van der Waals surface area contributed by atoms with E-state index in [1.165, 1.54) is 0 Å². The Hall–Kier alpha value is -1.11. The summed E-state index contributed by atoms with van der Waals surface area (Å²) in [6.45, 7) is 5.19. The quantitative estimate of drug-likeness (QED) is 0.924. The number of hydrogen-bond donors (Lipinski definition) is 1. The molecule has 1 aromatic rings. The van der Waals surface area contributed by atoms with Crippen LogP contribution in [0, 0.1) is 0 Å². The zero-order chi connectivity index (χ0) is 15.3. The van der Waals surface area contributed by atoms with Crippen LogP contribution in [-0.2, 0) is 12.7 Å². The van der Waals surface area contributed by atoms with Gasteiger partial charge in [-0.15, -0.1) is 0 Å². The summed E-state index contributed by atoms with van der Waals surface area (Å²) in [5.74, 6) is 0. The molecule has 1 fully saturated rings. The van der Waals surface area contributed by atoms with Crippen molar-refractivity contribution in [2.45, 2.75) is 19.1 Å². The van der Waals surface area contributed by atoms with Crippen LogP contribution in [0.5, 0.6) is 0 Å². The van der Waals surface area contributed by atoms with Gasteiger partial charge in [0, 0.05) is 26.2 Å². The second-order valence-electron chi connectivity index (χ2n) is 5.39. The number of halogens is 3. The predicted molar refractivity (Wildman–Crippen MR) is 74.9 cm³/mol. The Morgan fingerprint density at radius 3 is 2.19 bits per heavy atom. The molecule has 6 heteroatoms. The van der Waals surface area contributed by atoms with E-state index in [0.29, 0.717) is 13.1 Å². The van der Waals surface area contributed by atoms with Gasteiger partial charge in [-0.3, -0.25) is 9.80 Å². The molecule has 0 aromatic heterocycles. The Labute approximate surface area is 123 Å².